The van der Waals surface area contributed by atoms with Crippen LogP contribution in [0.5, 0.6) is 0 Å². The lowest BCUT2D eigenvalue weighted by atomic mass is 9.98. The van der Waals surface area contributed by atoms with E-state index in [0.717, 1.165) is 29.7 Å². The summed E-state index contributed by atoms with van der Waals surface area (Å²) in [6.07, 6.45) is 0.853. The number of hydrogen-bond acceptors (Lipinski definition) is 2. The molecule has 1 N–H and O–H groups in total. The van der Waals surface area contributed by atoms with Crippen LogP contribution in [0.4, 0.5) is 0 Å². The lowest BCUT2D eigenvalue weighted by Gasteiger charge is -2.22. The fourth-order valence-electron chi connectivity index (χ4n) is 3.96. The van der Waals surface area contributed by atoms with E-state index in [-0.39, 0.29) is 11.9 Å². The van der Waals surface area contributed by atoms with Gasteiger partial charge in [-0.1, -0.05) is 78.4 Å². The Morgan fingerprint density at radius 2 is 1.53 bits per heavy atom. The molecule has 0 aliphatic carbocycles. The minimum absolute atomic E-state index is 0.0326. The Kier molecular flexibility index (Phi) is 6.67. The highest BCUT2D eigenvalue weighted by atomic mass is 16.1. The molecular formula is C29H30N2O. The van der Waals surface area contributed by atoms with E-state index >= 15 is 0 Å². The van der Waals surface area contributed by atoms with Gasteiger partial charge in [0.15, 0.2) is 0 Å². The van der Waals surface area contributed by atoms with Crippen LogP contribution < -0.4 is 5.32 Å². The molecule has 1 unspecified atom stereocenters. The molecule has 4 rings (SSSR count). The van der Waals surface area contributed by atoms with E-state index < -0.39 is 0 Å². The van der Waals surface area contributed by atoms with E-state index in [4.69, 9.17) is 0 Å². The topological polar surface area (TPSA) is 32.3 Å². The van der Waals surface area contributed by atoms with E-state index in [1.54, 1.807) is 0 Å². The molecule has 0 saturated heterocycles. The smallest absolute Gasteiger partial charge is 0.251 e. The van der Waals surface area contributed by atoms with Crippen LogP contribution >= 0.6 is 0 Å². The van der Waals surface area contributed by atoms with Crippen molar-refractivity contribution < 1.29 is 4.79 Å². The number of carbonyl (C=O) groups excluding carboxylic acids is 1. The first-order valence-corrected chi connectivity index (χ1v) is 11.1. The van der Waals surface area contributed by atoms with Crippen LogP contribution in [0.3, 0.4) is 0 Å². The van der Waals surface area contributed by atoms with Crippen LogP contribution in [-0.4, -0.2) is 31.4 Å². The molecule has 4 aromatic rings. The maximum atomic E-state index is 13.2. The summed E-state index contributed by atoms with van der Waals surface area (Å²) in [4.78, 5) is 15.4. The fourth-order valence-corrected chi connectivity index (χ4v) is 3.96. The molecule has 0 aliphatic rings. The lowest BCUT2D eigenvalue weighted by molar-refractivity contribution is 0.0932. The van der Waals surface area contributed by atoms with E-state index in [9.17, 15) is 4.79 Å². The lowest BCUT2D eigenvalue weighted by Crippen LogP contribution is -2.31. The van der Waals surface area contributed by atoms with E-state index in [1.807, 2.05) is 24.3 Å². The van der Waals surface area contributed by atoms with Gasteiger partial charge in [0.25, 0.3) is 5.91 Å². The predicted octanol–water partition coefficient (Wildman–Crippen LogP) is 6.24. The summed E-state index contributed by atoms with van der Waals surface area (Å²) in [5.74, 6) is -0.0445. The molecule has 0 spiro atoms. The number of amides is 1. The van der Waals surface area contributed by atoms with Crippen LogP contribution in [0.1, 0.15) is 33.9 Å². The molecule has 0 radical (unpaired) electrons. The maximum absolute atomic E-state index is 13.2. The summed E-state index contributed by atoms with van der Waals surface area (Å²) in [6, 6.07) is 31.0. The van der Waals surface area contributed by atoms with Crippen LogP contribution in [0.15, 0.2) is 91.0 Å². The van der Waals surface area contributed by atoms with Crippen LogP contribution in [0.25, 0.3) is 21.9 Å². The number of nitrogens with zero attached hydrogens (tertiary/aromatic N) is 1. The van der Waals surface area contributed by atoms with Crippen molar-refractivity contribution in [2.24, 2.45) is 0 Å². The third-order valence-corrected chi connectivity index (χ3v) is 5.86. The first-order chi connectivity index (χ1) is 15.5. The maximum Gasteiger partial charge on any atom is 0.251 e. The van der Waals surface area contributed by atoms with Crippen molar-refractivity contribution in [1.82, 2.24) is 10.2 Å². The van der Waals surface area contributed by atoms with Gasteiger partial charge in [-0.3, -0.25) is 4.79 Å². The SMILES string of the molecule is Cc1ccc(C(CCN(C)C)NC(=O)c2cccc(-c3ccc4ccccc4c3)c2)cc1. The molecule has 1 amide bonds. The summed E-state index contributed by atoms with van der Waals surface area (Å²) in [5, 5.41) is 5.68. The molecule has 0 bridgehead atoms. The number of benzene rings is 4. The van der Waals surface area contributed by atoms with Crippen LogP contribution in [0.2, 0.25) is 0 Å². The van der Waals surface area contributed by atoms with Gasteiger partial charge < -0.3 is 10.2 Å². The first kappa shape index (κ1) is 21.8. The molecule has 0 fully saturated rings. The Bertz CT molecular complexity index is 1210. The van der Waals surface area contributed by atoms with Crippen molar-refractivity contribution in [3.05, 3.63) is 108 Å². The van der Waals surface area contributed by atoms with Crippen molar-refractivity contribution in [3.8, 4) is 11.1 Å². The molecule has 0 heterocycles. The quantitative estimate of drug-likeness (QED) is 0.382. The summed E-state index contributed by atoms with van der Waals surface area (Å²) >= 11 is 0. The second-order valence-corrected chi connectivity index (χ2v) is 8.67. The zero-order valence-corrected chi connectivity index (χ0v) is 19.0. The molecule has 3 heteroatoms. The Labute approximate surface area is 190 Å². The largest absolute Gasteiger partial charge is 0.345 e. The number of carbonyl (C=O) groups is 1. The van der Waals surface area contributed by atoms with Gasteiger partial charge in [0.1, 0.15) is 0 Å². The zero-order valence-electron chi connectivity index (χ0n) is 19.0. The second-order valence-electron chi connectivity index (χ2n) is 8.67. The van der Waals surface area contributed by atoms with Gasteiger partial charge in [-0.05, 0) is 79.6 Å². The fraction of sp³-hybridized carbons (Fsp3) is 0.207. The van der Waals surface area contributed by atoms with E-state index in [1.165, 1.54) is 16.3 Å². The molecule has 0 saturated carbocycles. The van der Waals surface area contributed by atoms with Crippen molar-refractivity contribution in [3.63, 3.8) is 0 Å². The van der Waals surface area contributed by atoms with Crippen LogP contribution in [0, 0.1) is 6.92 Å². The Morgan fingerprint density at radius 1 is 0.812 bits per heavy atom. The highest BCUT2D eigenvalue weighted by molar-refractivity contribution is 5.96. The molecular weight excluding hydrogens is 392 g/mol. The normalized spacial score (nSPS) is 12.1. The monoisotopic (exact) mass is 422 g/mol. The van der Waals surface area contributed by atoms with Gasteiger partial charge in [0.05, 0.1) is 6.04 Å². The molecule has 1 atom stereocenters. The van der Waals surface area contributed by atoms with Gasteiger partial charge >= 0.3 is 0 Å². The second kappa shape index (κ2) is 9.80. The molecule has 32 heavy (non-hydrogen) atoms. The Morgan fingerprint density at radius 3 is 2.28 bits per heavy atom. The molecule has 0 aromatic heterocycles. The van der Waals surface area contributed by atoms with Crippen molar-refractivity contribution in [2.75, 3.05) is 20.6 Å². The molecule has 0 aliphatic heterocycles. The average Bonchev–Trinajstić information content (AvgIpc) is 2.82. The van der Waals surface area contributed by atoms with Gasteiger partial charge in [-0.15, -0.1) is 0 Å². The Hall–Kier alpha value is -3.43. The van der Waals surface area contributed by atoms with E-state index in [2.05, 4.69) is 98.0 Å². The van der Waals surface area contributed by atoms with Crippen molar-refractivity contribution >= 4 is 16.7 Å². The third kappa shape index (κ3) is 5.24. The standard InChI is InChI=1S/C29H30N2O/c1-21-11-13-23(14-12-21)28(17-18-31(2)3)30-29(32)27-10-6-9-25(20-27)26-16-15-22-7-4-5-8-24(22)19-26/h4-16,19-20,28H,17-18H2,1-3H3,(H,30,32). The summed E-state index contributed by atoms with van der Waals surface area (Å²) in [6.45, 7) is 2.98. The van der Waals surface area contributed by atoms with Crippen molar-refractivity contribution in [2.45, 2.75) is 19.4 Å². The number of fused-ring (bicyclic) bond motifs is 1. The summed E-state index contributed by atoms with van der Waals surface area (Å²) < 4.78 is 0. The predicted molar refractivity (Wildman–Crippen MR) is 134 cm³/mol. The molecule has 3 nitrogen and oxygen atoms in total. The van der Waals surface area contributed by atoms with Crippen molar-refractivity contribution in [1.29, 1.82) is 0 Å². The van der Waals surface area contributed by atoms with Gasteiger partial charge in [0.2, 0.25) is 0 Å². The summed E-state index contributed by atoms with van der Waals surface area (Å²) in [5.41, 5.74) is 5.19. The highest BCUT2D eigenvalue weighted by Crippen LogP contribution is 2.26. The van der Waals surface area contributed by atoms with E-state index in [0.29, 0.717) is 5.56 Å². The number of nitrogens with one attached hydrogen (secondary N) is 1. The average molecular weight is 423 g/mol. The minimum Gasteiger partial charge on any atom is -0.345 e. The van der Waals surface area contributed by atoms with Gasteiger partial charge in [-0.25, -0.2) is 0 Å². The third-order valence-electron chi connectivity index (χ3n) is 5.86. The zero-order chi connectivity index (χ0) is 22.5. The Balaban J connectivity index is 1.57. The van der Waals surface area contributed by atoms with Gasteiger partial charge in [-0.2, -0.15) is 0 Å². The minimum atomic E-state index is -0.0445. The number of aryl methyl sites for hydroxylation is 1. The molecule has 162 valence electrons. The molecule has 4 aromatic carbocycles. The van der Waals surface area contributed by atoms with Gasteiger partial charge in [0, 0.05) is 5.56 Å². The number of hydrogen-bond donors (Lipinski definition) is 1. The first-order valence-electron chi connectivity index (χ1n) is 11.1. The summed E-state index contributed by atoms with van der Waals surface area (Å²) in [7, 11) is 4.11. The highest BCUT2D eigenvalue weighted by Gasteiger charge is 2.16. The van der Waals surface area contributed by atoms with Crippen LogP contribution in [-0.2, 0) is 0 Å². The number of rotatable bonds is 7.